The Hall–Kier alpha value is -3.81. The van der Waals surface area contributed by atoms with Gasteiger partial charge in [0.1, 0.15) is 18.0 Å². The number of benzene rings is 1. The summed E-state index contributed by atoms with van der Waals surface area (Å²) in [6, 6.07) is 14.6. The van der Waals surface area contributed by atoms with Gasteiger partial charge in [0, 0.05) is 31.1 Å². The molecule has 8 nitrogen and oxygen atoms in total. The van der Waals surface area contributed by atoms with Gasteiger partial charge in [-0.3, -0.25) is 24.3 Å². The summed E-state index contributed by atoms with van der Waals surface area (Å²) in [5.41, 5.74) is 3.40. The maximum Gasteiger partial charge on any atom is 0.278 e. The third-order valence-corrected chi connectivity index (χ3v) is 6.00. The van der Waals surface area contributed by atoms with Crippen LogP contribution in [0, 0.1) is 0 Å². The van der Waals surface area contributed by atoms with Gasteiger partial charge in [-0.2, -0.15) is 0 Å². The van der Waals surface area contributed by atoms with Crippen molar-refractivity contribution in [2.24, 2.45) is 0 Å². The van der Waals surface area contributed by atoms with E-state index in [1.54, 1.807) is 0 Å². The van der Waals surface area contributed by atoms with Crippen LogP contribution in [0.5, 0.6) is 0 Å². The highest BCUT2D eigenvalue weighted by atomic mass is 16.2. The molecule has 2 aliphatic rings. The van der Waals surface area contributed by atoms with E-state index in [0.717, 1.165) is 28.3 Å². The fraction of sp³-hybridized carbons (Fsp3) is 0.320. The van der Waals surface area contributed by atoms with Gasteiger partial charge in [0.15, 0.2) is 0 Å². The van der Waals surface area contributed by atoms with E-state index in [4.69, 9.17) is 4.98 Å². The summed E-state index contributed by atoms with van der Waals surface area (Å²) in [5.74, 6) is -1.37. The zero-order valence-electron chi connectivity index (χ0n) is 18.5. The summed E-state index contributed by atoms with van der Waals surface area (Å²) in [5, 5.41) is 2.50. The third-order valence-electron chi connectivity index (χ3n) is 6.00. The number of likely N-dealkylation sites (N-methyl/N-ethyl adjacent to an activating group) is 1. The highest BCUT2D eigenvalue weighted by molar-refractivity contribution is 6.20. The average molecular weight is 447 g/mol. The van der Waals surface area contributed by atoms with E-state index < -0.39 is 23.8 Å². The van der Waals surface area contributed by atoms with Gasteiger partial charge in [0.05, 0.1) is 17.9 Å². The monoisotopic (exact) mass is 446 g/mol. The molecule has 170 valence electrons. The minimum atomic E-state index is -1.01. The predicted octanol–water partition coefficient (Wildman–Crippen LogP) is 2.06. The summed E-state index contributed by atoms with van der Waals surface area (Å²) >= 11 is 0. The molecule has 0 bridgehead atoms. The molecule has 0 saturated heterocycles. The number of hydrogen-bond donors (Lipinski definition) is 1. The fourth-order valence-electron chi connectivity index (χ4n) is 4.44. The number of aldehydes is 1. The molecule has 0 fully saturated rings. The Kier molecular flexibility index (Phi) is 6.63. The molecule has 1 N–H and O–H groups in total. The van der Waals surface area contributed by atoms with Gasteiger partial charge in [0.25, 0.3) is 11.8 Å². The SMILES string of the molecule is CNC(=O)C(CCC=O)N1C(=O)C2=C(C1=O)N(Cc1cccc(-c3ccccc3)n1)CCC2. The summed E-state index contributed by atoms with van der Waals surface area (Å²) in [4.78, 5) is 57.5. The molecule has 0 aliphatic carbocycles. The Morgan fingerprint density at radius 3 is 2.64 bits per heavy atom. The Balaban J connectivity index is 1.60. The van der Waals surface area contributed by atoms with Crippen molar-refractivity contribution in [3.63, 3.8) is 0 Å². The summed E-state index contributed by atoms with van der Waals surface area (Å²) in [7, 11) is 1.45. The molecule has 2 aliphatic heterocycles. The number of nitrogens with zero attached hydrogens (tertiary/aromatic N) is 3. The molecular formula is C25H26N4O4. The second-order valence-electron chi connectivity index (χ2n) is 8.09. The van der Waals surface area contributed by atoms with Gasteiger partial charge in [0.2, 0.25) is 5.91 Å². The number of carbonyl (C=O) groups is 4. The molecule has 2 aromatic rings. The highest BCUT2D eigenvalue weighted by Crippen LogP contribution is 2.34. The molecule has 3 amide bonds. The lowest BCUT2D eigenvalue weighted by Crippen LogP contribution is -2.50. The average Bonchev–Trinajstić information content (AvgIpc) is 3.11. The van der Waals surface area contributed by atoms with Gasteiger partial charge < -0.3 is 15.0 Å². The highest BCUT2D eigenvalue weighted by Gasteiger charge is 2.46. The van der Waals surface area contributed by atoms with Crippen LogP contribution in [-0.2, 0) is 25.7 Å². The van der Waals surface area contributed by atoms with Gasteiger partial charge >= 0.3 is 0 Å². The van der Waals surface area contributed by atoms with Crippen molar-refractivity contribution in [2.45, 2.75) is 38.3 Å². The molecule has 4 rings (SSSR count). The van der Waals surface area contributed by atoms with Crippen molar-refractivity contribution in [3.8, 4) is 11.3 Å². The summed E-state index contributed by atoms with van der Waals surface area (Å²) in [6.07, 6.45) is 2.08. The predicted molar refractivity (Wildman–Crippen MR) is 121 cm³/mol. The zero-order chi connectivity index (χ0) is 23.4. The number of carbonyl (C=O) groups excluding carboxylic acids is 4. The number of rotatable bonds is 8. The van der Waals surface area contributed by atoms with Crippen LogP contribution in [0.4, 0.5) is 0 Å². The van der Waals surface area contributed by atoms with Crippen LogP contribution < -0.4 is 5.32 Å². The second-order valence-corrected chi connectivity index (χ2v) is 8.09. The van der Waals surface area contributed by atoms with Crippen molar-refractivity contribution in [3.05, 3.63) is 65.5 Å². The quantitative estimate of drug-likeness (QED) is 0.492. The molecule has 33 heavy (non-hydrogen) atoms. The smallest absolute Gasteiger partial charge is 0.278 e. The molecule has 0 saturated carbocycles. The zero-order valence-corrected chi connectivity index (χ0v) is 18.5. The molecule has 3 heterocycles. The normalized spacial score (nSPS) is 16.6. The summed E-state index contributed by atoms with van der Waals surface area (Å²) in [6.45, 7) is 0.993. The molecular weight excluding hydrogens is 420 g/mol. The van der Waals surface area contributed by atoms with Crippen LogP contribution in [0.3, 0.4) is 0 Å². The first-order chi connectivity index (χ1) is 16.0. The number of amides is 3. The van der Waals surface area contributed by atoms with Gasteiger partial charge in [-0.1, -0.05) is 36.4 Å². The van der Waals surface area contributed by atoms with Crippen molar-refractivity contribution in [1.29, 1.82) is 0 Å². The van der Waals surface area contributed by atoms with Crippen molar-refractivity contribution >= 4 is 24.0 Å². The van der Waals surface area contributed by atoms with E-state index in [0.29, 0.717) is 37.1 Å². The lowest BCUT2D eigenvalue weighted by Gasteiger charge is -2.29. The first-order valence-electron chi connectivity index (χ1n) is 11.1. The fourth-order valence-corrected chi connectivity index (χ4v) is 4.44. The largest absolute Gasteiger partial charge is 0.361 e. The van der Waals surface area contributed by atoms with E-state index in [-0.39, 0.29) is 12.8 Å². The minimum Gasteiger partial charge on any atom is -0.361 e. The third kappa shape index (κ3) is 4.41. The molecule has 1 aromatic carbocycles. The molecule has 8 heteroatoms. The molecule has 1 atom stereocenters. The van der Waals surface area contributed by atoms with Crippen LogP contribution in [-0.4, -0.2) is 58.4 Å². The van der Waals surface area contributed by atoms with Crippen molar-refractivity contribution < 1.29 is 19.2 Å². The molecule has 0 spiro atoms. The maximum absolute atomic E-state index is 13.4. The summed E-state index contributed by atoms with van der Waals surface area (Å²) < 4.78 is 0. The van der Waals surface area contributed by atoms with Gasteiger partial charge in [-0.15, -0.1) is 0 Å². The number of nitrogens with one attached hydrogen (secondary N) is 1. The van der Waals surface area contributed by atoms with Crippen LogP contribution in [0.2, 0.25) is 0 Å². The number of hydrogen-bond acceptors (Lipinski definition) is 6. The van der Waals surface area contributed by atoms with Crippen molar-refractivity contribution in [1.82, 2.24) is 20.1 Å². The van der Waals surface area contributed by atoms with Crippen LogP contribution >= 0.6 is 0 Å². The number of pyridine rings is 1. The lowest BCUT2D eigenvalue weighted by atomic mass is 10.0. The first-order valence-corrected chi connectivity index (χ1v) is 11.1. The molecule has 0 radical (unpaired) electrons. The maximum atomic E-state index is 13.4. The van der Waals surface area contributed by atoms with Gasteiger partial charge in [-0.25, -0.2) is 0 Å². The molecule has 1 unspecified atom stereocenters. The number of imide groups is 1. The number of aromatic nitrogens is 1. The Labute approximate surface area is 192 Å². The van der Waals surface area contributed by atoms with Crippen molar-refractivity contribution in [2.75, 3.05) is 13.6 Å². The standard InChI is InChI=1S/C25H26N4O4/c1-26-23(31)21(13-7-15-30)29-24(32)19-11-6-14-28(22(19)25(29)33)16-18-10-5-12-20(27-18)17-8-3-2-4-9-17/h2-5,8-10,12,15,21H,6-7,11,13-14,16H2,1H3,(H,26,31). The van der Waals surface area contributed by atoms with Crippen LogP contribution in [0.1, 0.15) is 31.4 Å². The Morgan fingerprint density at radius 2 is 1.91 bits per heavy atom. The van der Waals surface area contributed by atoms with E-state index >= 15 is 0 Å². The van der Waals surface area contributed by atoms with Crippen LogP contribution in [0.25, 0.3) is 11.3 Å². The molecule has 1 aromatic heterocycles. The van der Waals surface area contributed by atoms with E-state index in [2.05, 4.69) is 5.32 Å². The van der Waals surface area contributed by atoms with Crippen LogP contribution in [0.15, 0.2) is 59.8 Å². The van der Waals surface area contributed by atoms with E-state index in [1.165, 1.54) is 7.05 Å². The minimum absolute atomic E-state index is 0.0831. The first kappa shape index (κ1) is 22.4. The second kappa shape index (κ2) is 9.77. The van der Waals surface area contributed by atoms with Gasteiger partial charge in [-0.05, 0) is 31.4 Å². The van der Waals surface area contributed by atoms with E-state index in [1.807, 2.05) is 53.4 Å². The Bertz CT molecular complexity index is 1110. The Morgan fingerprint density at radius 1 is 1.12 bits per heavy atom. The lowest BCUT2D eigenvalue weighted by molar-refractivity contribution is -0.146. The topological polar surface area (TPSA) is 99.7 Å². The van der Waals surface area contributed by atoms with E-state index in [9.17, 15) is 19.2 Å².